The predicted molar refractivity (Wildman–Crippen MR) is 73.1 cm³/mol. The molecule has 0 radical (unpaired) electrons. The topological polar surface area (TPSA) is 12.2 Å². The maximum atomic E-state index is 5.18. The summed E-state index contributed by atoms with van der Waals surface area (Å²) >= 11 is 0. The molecule has 2 nitrogen and oxygen atoms in total. The number of fused-ring (bicyclic) bond motifs is 1. The van der Waals surface area contributed by atoms with Crippen molar-refractivity contribution in [2.24, 2.45) is 0 Å². The smallest absolute Gasteiger partial charge is 0.205 e. The van der Waals surface area contributed by atoms with Crippen molar-refractivity contribution in [2.75, 3.05) is 13.7 Å². The molecule has 0 atom stereocenters. The van der Waals surface area contributed by atoms with Gasteiger partial charge in [-0.05, 0) is 23.8 Å². The summed E-state index contributed by atoms with van der Waals surface area (Å²) in [6.45, 7) is 1.03. The van der Waals surface area contributed by atoms with Crippen LogP contribution in [0.2, 0.25) is 0 Å². The largest absolute Gasteiger partial charge is 0.497 e. The second-order valence-electron chi connectivity index (χ2n) is 4.47. The van der Waals surface area contributed by atoms with Crippen molar-refractivity contribution in [1.29, 1.82) is 0 Å². The van der Waals surface area contributed by atoms with Crippen LogP contribution in [-0.4, -0.2) is 24.4 Å². The van der Waals surface area contributed by atoms with E-state index in [1.54, 1.807) is 7.11 Å². The highest BCUT2D eigenvalue weighted by atomic mass is 16.5. The second kappa shape index (κ2) is 4.65. The normalized spacial score (nSPS) is 13.7. The van der Waals surface area contributed by atoms with Crippen LogP contribution in [0.4, 0.5) is 5.69 Å². The predicted octanol–water partition coefficient (Wildman–Crippen LogP) is 3.01. The van der Waals surface area contributed by atoms with Crippen molar-refractivity contribution in [3.63, 3.8) is 0 Å². The molecule has 1 aliphatic rings. The molecule has 18 heavy (non-hydrogen) atoms. The molecule has 1 aliphatic heterocycles. The van der Waals surface area contributed by atoms with Crippen LogP contribution >= 0.6 is 0 Å². The summed E-state index contributed by atoms with van der Waals surface area (Å²) in [5, 5.41) is 0. The Bertz CT molecular complexity index is 584. The molecule has 0 aromatic heterocycles. The molecular formula is C16H16NO+. The summed E-state index contributed by atoms with van der Waals surface area (Å²) in [6.07, 6.45) is 3.32. The fourth-order valence-electron chi connectivity index (χ4n) is 2.34. The summed E-state index contributed by atoms with van der Waals surface area (Å²) < 4.78 is 7.48. The van der Waals surface area contributed by atoms with Gasteiger partial charge in [-0.15, -0.1) is 0 Å². The van der Waals surface area contributed by atoms with E-state index >= 15 is 0 Å². The third-order valence-corrected chi connectivity index (χ3v) is 3.38. The molecule has 0 aliphatic carbocycles. The molecule has 2 heteroatoms. The van der Waals surface area contributed by atoms with E-state index in [1.165, 1.54) is 16.8 Å². The highest BCUT2D eigenvalue weighted by Gasteiger charge is 2.17. The van der Waals surface area contributed by atoms with E-state index in [0.717, 1.165) is 18.7 Å². The van der Waals surface area contributed by atoms with Crippen LogP contribution in [-0.2, 0) is 6.42 Å². The molecule has 0 unspecified atom stereocenters. The average Bonchev–Trinajstić information content (AvgIpc) is 2.47. The summed E-state index contributed by atoms with van der Waals surface area (Å²) in [4.78, 5) is 0. The molecule has 0 spiro atoms. The highest BCUT2D eigenvalue weighted by Crippen LogP contribution is 2.21. The van der Waals surface area contributed by atoms with Crippen molar-refractivity contribution in [2.45, 2.75) is 6.42 Å². The Morgan fingerprint density at radius 3 is 2.56 bits per heavy atom. The lowest BCUT2D eigenvalue weighted by Crippen LogP contribution is -2.18. The number of methoxy groups -OCH3 is 1. The first-order valence-electron chi connectivity index (χ1n) is 6.20. The fourth-order valence-corrected chi connectivity index (χ4v) is 2.34. The van der Waals surface area contributed by atoms with Crippen LogP contribution in [0.5, 0.6) is 5.75 Å². The lowest BCUT2D eigenvalue weighted by molar-refractivity contribution is -0.436. The Balaban J connectivity index is 1.96. The highest BCUT2D eigenvalue weighted by molar-refractivity contribution is 5.79. The Hall–Kier alpha value is -2.09. The molecule has 2 aromatic rings. The van der Waals surface area contributed by atoms with Gasteiger partial charge in [0.15, 0.2) is 12.8 Å². The van der Waals surface area contributed by atoms with Gasteiger partial charge >= 0.3 is 0 Å². The van der Waals surface area contributed by atoms with Gasteiger partial charge in [0.1, 0.15) is 5.75 Å². The number of benzene rings is 2. The Morgan fingerprint density at radius 2 is 1.78 bits per heavy atom. The third-order valence-electron chi connectivity index (χ3n) is 3.38. The number of ether oxygens (including phenoxy) is 1. The van der Waals surface area contributed by atoms with Gasteiger partial charge in [-0.25, -0.2) is 0 Å². The summed E-state index contributed by atoms with van der Waals surface area (Å²) in [5.41, 5.74) is 3.96. The van der Waals surface area contributed by atoms with Gasteiger partial charge < -0.3 is 4.74 Å². The minimum atomic E-state index is 0.899. The number of rotatable bonds is 2. The van der Waals surface area contributed by atoms with E-state index in [-0.39, 0.29) is 0 Å². The Labute approximate surface area is 107 Å². The van der Waals surface area contributed by atoms with Crippen molar-refractivity contribution in [1.82, 2.24) is 0 Å². The van der Waals surface area contributed by atoms with E-state index in [2.05, 4.69) is 47.2 Å². The van der Waals surface area contributed by atoms with Gasteiger partial charge in [0.25, 0.3) is 0 Å². The monoisotopic (exact) mass is 238 g/mol. The second-order valence-corrected chi connectivity index (χ2v) is 4.47. The van der Waals surface area contributed by atoms with E-state index in [1.807, 2.05) is 12.1 Å². The SMILES string of the molecule is COc1ccc([N+]2=Cc3ccccc3CC2)cc1. The molecule has 0 amide bonds. The first-order chi connectivity index (χ1) is 8.86. The maximum absolute atomic E-state index is 5.18. The first kappa shape index (κ1) is 11.0. The van der Waals surface area contributed by atoms with Crippen molar-refractivity contribution >= 4 is 11.9 Å². The summed E-state index contributed by atoms with van der Waals surface area (Å²) in [7, 11) is 1.69. The zero-order valence-electron chi connectivity index (χ0n) is 10.5. The number of nitrogens with zero attached hydrogens (tertiary/aromatic N) is 1. The van der Waals surface area contributed by atoms with Crippen molar-refractivity contribution in [3.05, 3.63) is 59.7 Å². The van der Waals surface area contributed by atoms with Crippen LogP contribution in [0.1, 0.15) is 11.1 Å². The van der Waals surface area contributed by atoms with Crippen LogP contribution in [0.15, 0.2) is 48.5 Å². The van der Waals surface area contributed by atoms with Gasteiger partial charge in [0, 0.05) is 24.1 Å². The van der Waals surface area contributed by atoms with Gasteiger partial charge in [0.2, 0.25) is 5.69 Å². The van der Waals surface area contributed by atoms with Gasteiger partial charge in [-0.3, -0.25) is 0 Å². The van der Waals surface area contributed by atoms with Crippen LogP contribution in [0.3, 0.4) is 0 Å². The molecule has 0 saturated heterocycles. The zero-order chi connectivity index (χ0) is 12.4. The van der Waals surface area contributed by atoms with Crippen molar-refractivity contribution in [3.8, 4) is 5.75 Å². The van der Waals surface area contributed by atoms with Crippen LogP contribution in [0, 0.1) is 0 Å². The average molecular weight is 238 g/mol. The minimum Gasteiger partial charge on any atom is -0.497 e. The summed E-state index contributed by atoms with van der Waals surface area (Å²) in [6, 6.07) is 16.8. The minimum absolute atomic E-state index is 0.899. The zero-order valence-corrected chi connectivity index (χ0v) is 10.5. The molecule has 0 saturated carbocycles. The van der Waals surface area contributed by atoms with Gasteiger partial charge in [0.05, 0.1) is 7.11 Å². The first-order valence-corrected chi connectivity index (χ1v) is 6.20. The number of hydrogen-bond donors (Lipinski definition) is 0. The Kier molecular flexibility index (Phi) is 2.85. The lowest BCUT2D eigenvalue weighted by atomic mass is 10.0. The summed E-state index contributed by atoms with van der Waals surface area (Å²) in [5.74, 6) is 0.899. The fraction of sp³-hybridized carbons (Fsp3) is 0.188. The maximum Gasteiger partial charge on any atom is 0.205 e. The quantitative estimate of drug-likeness (QED) is 0.732. The molecular weight excluding hydrogens is 222 g/mol. The lowest BCUT2D eigenvalue weighted by Gasteiger charge is -2.11. The molecule has 3 rings (SSSR count). The van der Waals surface area contributed by atoms with E-state index < -0.39 is 0 Å². The molecule has 0 bridgehead atoms. The molecule has 1 heterocycles. The van der Waals surface area contributed by atoms with Gasteiger partial charge in [-0.1, -0.05) is 18.2 Å². The van der Waals surface area contributed by atoms with E-state index in [9.17, 15) is 0 Å². The standard InChI is InChI=1S/C16H16NO/c1-18-16-8-6-15(7-9-16)17-11-10-13-4-2-3-5-14(13)12-17/h2-9,12H,10-11H2,1H3/q+1. The van der Waals surface area contributed by atoms with Crippen LogP contribution < -0.4 is 4.74 Å². The molecule has 90 valence electrons. The van der Waals surface area contributed by atoms with E-state index in [0.29, 0.717) is 0 Å². The molecule has 0 fully saturated rings. The van der Waals surface area contributed by atoms with Crippen molar-refractivity contribution < 1.29 is 9.31 Å². The van der Waals surface area contributed by atoms with E-state index in [4.69, 9.17) is 4.74 Å². The molecule has 0 N–H and O–H groups in total. The third kappa shape index (κ3) is 2.02. The molecule has 2 aromatic carbocycles. The van der Waals surface area contributed by atoms with Gasteiger partial charge in [-0.2, -0.15) is 4.58 Å². The van der Waals surface area contributed by atoms with Crippen LogP contribution in [0.25, 0.3) is 0 Å². The number of hydrogen-bond acceptors (Lipinski definition) is 1. The Morgan fingerprint density at radius 1 is 1.00 bits per heavy atom.